The number of hydrogen-bond donors (Lipinski definition) is 1. The van der Waals surface area contributed by atoms with E-state index in [2.05, 4.69) is 5.32 Å². The molecule has 2 aromatic rings. The number of ether oxygens (including phenoxy) is 1. The van der Waals surface area contributed by atoms with Crippen molar-refractivity contribution in [2.75, 3.05) is 17.7 Å². The zero-order valence-electron chi connectivity index (χ0n) is 14.8. The van der Waals surface area contributed by atoms with Crippen LogP contribution in [0.4, 0.5) is 5.69 Å². The quantitative estimate of drug-likeness (QED) is 0.780. The summed E-state index contributed by atoms with van der Waals surface area (Å²) in [6.45, 7) is 1.84. The van der Waals surface area contributed by atoms with Crippen LogP contribution in [0.1, 0.15) is 12.5 Å². The molecule has 1 amide bonds. The molecule has 2 aromatic carbocycles. The normalized spacial score (nSPS) is 12.3. The maximum Gasteiger partial charge on any atom is 0.243 e. The summed E-state index contributed by atoms with van der Waals surface area (Å²) in [6, 6.07) is 13.0. The molecule has 0 unspecified atom stereocenters. The van der Waals surface area contributed by atoms with Gasteiger partial charge < -0.3 is 10.1 Å². The summed E-state index contributed by atoms with van der Waals surface area (Å²) in [5.74, 6) is 0.0104. The van der Waals surface area contributed by atoms with Crippen LogP contribution in [0.3, 0.4) is 0 Å². The smallest absolute Gasteiger partial charge is 0.243 e. The molecule has 0 aliphatic rings. The van der Waals surface area contributed by atoms with E-state index in [9.17, 15) is 13.2 Å². The topological polar surface area (TPSA) is 75.7 Å². The molecule has 0 aliphatic carbocycles. The Morgan fingerprint density at radius 3 is 2.42 bits per heavy atom. The molecule has 2 rings (SSSR count). The predicted molar refractivity (Wildman–Crippen MR) is 103 cm³/mol. The molecule has 0 fully saturated rings. The van der Waals surface area contributed by atoms with E-state index in [1.165, 1.54) is 20.1 Å². The first-order valence-electron chi connectivity index (χ1n) is 7.88. The van der Waals surface area contributed by atoms with Gasteiger partial charge >= 0.3 is 0 Å². The first-order valence-corrected chi connectivity index (χ1v) is 10.1. The van der Waals surface area contributed by atoms with Gasteiger partial charge in [0, 0.05) is 6.54 Å². The molecule has 0 aliphatic heterocycles. The van der Waals surface area contributed by atoms with Gasteiger partial charge in [-0.2, -0.15) is 0 Å². The maximum atomic E-state index is 12.5. The largest absolute Gasteiger partial charge is 0.495 e. The number of anilines is 1. The van der Waals surface area contributed by atoms with E-state index < -0.39 is 22.0 Å². The lowest BCUT2D eigenvalue weighted by Gasteiger charge is -2.28. The van der Waals surface area contributed by atoms with Gasteiger partial charge in [0.05, 0.1) is 24.1 Å². The summed E-state index contributed by atoms with van der Waals surface area (Å²) in [6.07, 6.45) is 1.05. The van der Waals surface area contributed by atoms with E-state index >= 15 is 0 Å². The minimum absolute atomic E-state index is 0.260. The number of amides is 1. The third-order valence-corrected chi connectivity index (χ3v) is 5.32. The van der Waals surface area contributed by atoms with Crippen LogP contribution in [-0.2, 0) is 21.4 Å². The highest BCUT2D eigenvalue weighted by molar-refractivity contribution is 7.92. The highest BCUT2D eigenvalue weighted by Crippen LogP contribution is 2.31. The third-order valence-electron chi connectivity index (χ3n) is 3.79. The van der Waals surface area contributed by atoms with Gasteiger partial charge in [0.25, 0.3) is 0 Å². The summed E-state index contributed by atoms with van der Waals surface area (Å²) in [4.78, 5) is 12.5. The van der Waals surface area contributed by atoms with Gasteiger partial charge in [-0.05, 0) is 30.7 Å². The monoisotopic (exact) mass is 396 g/mol. The zero-order chi connectivity index (χ0) is 19.3. The van der Waals surface area contributed by atoms with Crippen molar-refractivity contribution >= 4 is 33.2 Å². The fourth-order valence-corrected chi connectivity index (χ4v) is 3.95. The van der Waals surface area contributed by atoms with Crippen LogP contribution in [0.15, 0.2) is 48.5 Å². The van der Waals surface area contributed by atoms with Crippen molar-refractivity contribution in [3.8, 4) is 5.75 Å². The van der Waals surface area contributed by atoms with E-state index in [-0.39, 0.29) is 5.02 Å². The minimum Gasteiger partial charge on any atom is -0.495 e. The zero-order valence-corrected chi connectivity index (χ0v) is 16.3. The van der Waals surface area contributed by atoms with Crippen LogP contribution in [-0.4, -0.2) is 33.7 Å². The number of halogens is 1. The van der Waals surface area contributed by atoms with Gasteiger partial charge in [0.1, 0.15) is 11.8 Å². The molecule has 6 nitrogen and oxygen atoms in total. The highest BCUT2D eigenvalue weighted by Gasteiger charge is 2.29. The van der Waals surface area contributed by atoms with Gasteiger partial charge in [0.2, 0.25) is 15.9 Å². The fraction of sp³-hybridized carbons (Fsp3) is 0.278. The van der Waals surface area contributed by atoms with Crippen LogP contribution in [0.2, 0.25) is 5.02 Å². The molecule has 0 bridgehead atoms. The number of nitrogens with one attached hydrogen (secondary N) is 1. The molecule has 0 saturated heterocycles. The first-order chi connectivity index (χ1) is 12.2. The van der Waals surface area contributed by atoms with Crippen LogP contribution in [0, 0.1) is 0 Å². The van der Waals surface area contributed by atoms with Gasteiger partial charge in [0.15, 0.2) is 0 Å². The fourth-order valence-electron chi connectivity index (χ4n) is 2.53. The lowest BCUT2D eigenvalue weighted by atomic mass is 10.2. The second kappa shape index (κ2) is 8.42. The molecule has 1 N–H and O–H groups in total. The minimum atomic E-state index is -3.71. The van der Waals surface area contributed by atoms with E-state index in [0.717, 1.165) is 16.1 Å². The Kier molecular flexibility index (Phi) is 6.50. The molecule has 0 heterocycles. The number of methoxy groups -OCH3 is 1. The van der Waals surface area contributed by atoms with Crippen molar-refractivity contribution in [1.29, 1.82) is 0 Å². The van der Waals surface area contributed by atoms with Crippen LogP contribution in [0.5, 0.6) is 5.75 Å². The van der Waals surface area contributed by atoms with Gasteiger partial charge in [-0.15, -0.1) is 0 Å². The summed E-state index contributed by atoms with van der Waals surface area (Å²) in [7, 11) is -2.24. The number of benzene rings is 2. The van der Waals surface area contributed by atoms with Crippen molar-refractivity contribution in [2.45, 2.75) is 19.5 Å². The number of nitrogens with zero attached hydrogens (tertiary/aromatic N) is 1. The number of sulfonamides is 1. The molecule has 26 heavy (non-hydrogen) atoms. The summed E-state index contributed by atoms with van der Waals surface area (Å²) < 4.78 is 30.7. The Labute approximate surface area is 158 Å². The molecule has 8 heteroatoms. The van der Waals surface area contributed by atoms with Crippen LogP contribution in [0.25, 0.3) is 0 Å². The Hall–Kier alpha value is -2.25. The molecular weight excluding hydrogens is 376 g/mol. The van der Waals surface area contributed by atoms with Crippen LogP contribution < -0.4 is 14.4 Å². The second-order valence-electron chi connectivity index (χ2n) is 5.76. The van der Waals surface area contributed by atoms with Crippen molar-refractivity contribution in [2.24, 2.45) is 0 Å². The maximum absolute atomic E-state index is 12.5. The van der Waals surface area contributed by atoms with E-state index in [4.69, 9.17) is 16.3 Å². The average molecular weight is 397 g/mol. The SMILES string of the molecule is COc1ccc(N([C@@H](C)C(=O)NCc2ccccc2)S(C)(=O)=O)cc1Cl. The molecule has 140 valence electrons. The van der Waals surface area contributed by atoms with Gasteiger partial charge in [-0.25, -0.2) is 8.42 Å². The molecular formula is C18H21ClN2O4S. The van der Waals surface area contributed by atoms with Crippen molar-refractivity contribution in [1.82, 2.24) is 5.32 Å². The van der Waals surface area contributed by atoms with E-state index in [0.29, 0.717) is 18.0 Å². The summed E-state index contributed by atoms with van der Waals surface area (Å²) in [5.41, 5.74) is 1.21. The van der Waals surface area contributed by atoms with Gasteiger partial charge in [-0.3, -0.25) is 9.10 Å². The van der Waals surface area contributed by atoms with Crippen molar-refractivity contribution in [3.05, 3.63) is 59.1 Å². The average Bonchev–Trinajstić information content (AvgIpc) is 2.59. The Morgan fingerprint density at radius 2 is 1.88 bits per heavy atom. The Bertz CT molecular complexity index is 872. The molecule has 0 radical (unpaired) electrons. The van der Waals surface area contributed by atoms with Crippen molar-refractivity contribution < 1.29 is 17.9 Å². The number of carbonyl (C=O) groups excluding carboxylic acids is 1. The molecule has 1 atom stereocenters. The highest BCUT2D eigenvalue weighted by atomic mass is 35.5. The summed E-state index contributed by atoms with van der Waals surface area (Å²) in [5, 5.41) is 3.02. The van der Waals surface area contributed by atoms with E-state index in [1.54, 1.807) is 12.1 Å². The Balaban J connectivity index is 2.23. The van der Waals surface area contributed by atoms with Crippen molar-refractivity contribution in [3.63, 3.8) is 0 Å². The second-order valence-corrected chi connectivity index (χ2v) is 8.02. The number of carbonyl (C=O) groups is 1. The molecule has 0 saturated carbocycles. The lowest BCUT2D eigenvalue weighted by molar-refractivity contribution is -0.122. The third kappa shape index (κ3) is 4.89. The first kappa shape index (κ1) is 20.1. The Morgan fingerprint density at radius 1 is 1.23 bits per heavy atom. The predicted octanol–water partition coefficient (Wildman–Crippen LogP) is 2.82. The summed E-state index contributed by atoms with van der Waals surface area (Å²) >= 11 is 6.10. The molecule has 0 aromatic heterocycles. The van der Waals surface area contributed by atoms with Crippen LogP contribution >= 0.6 is 11.6 Å². The lowest BCUT2D eigenvalue weighted by Crippen LogP contribution is -2.47. The van der Waals surface area contributed by atoms with E-state index in [1.807, 2.05) is 30.3 Å². The number of hydrogen-bond acceptors (Lipinski definition) is 4. The standard InChI is InChI=1S/C18H21ClN2O4S/c1-13(18(22)20-12-14-7-5-4-6-8-14)21(26(3,23)24)15-9-10-17(25-2)16(19)11-15/h4-11,13H,12H2,1-3H3,(H,20,22)/t13-/m0/s1. The molecule has 0 spiro atoms. The number of rotatable bonds is 7. The van der Waals surface area contributed by atoms with Gasteiger partial charge in [-0.1, -0.05) is 41.9 Å².